The summed E-state index contributed by atoms with van der Waals surface area (Å²) in [6.45, 7) is 11.9. The molecule has 3 amide bonds. The van der Waals surface area contributed by atoms with E-state index in [2.05, 4.69) is 20.4 Å². The van der Waals surface area contributed by atoms with Gasteiger partial charge in [0.05, 0.1) is 6.04 Å². The molecule has 0 aromatic rings. The molecule has 2 saturated heterocycles. The fourth-order valence-corrected chi connectivity index (χ4v) is 3.68. The molecule has 0 aromatic carbocycles. The van der Waals surface area contributed by atoms with Gasteiger partial charge in [0.1, 0.15) is 0 Å². The molecule has 138 valence electrons. The molecule has 24 heavy (non-hydrogen) atoms. The van der Waals surface area contributed by atoms with E-state index in [0.29, 0.717) is 6.04 Å². The summed E-state index contributed by atoms with van der Waals surface area (Å²) in [7, 11) is 0. The molecular weight excluding hydrogens is 304 g/mol. The predicted octanol–water partition coefficient (Wildman–Crippen LogP) is 1.95. The maximum atomic E-state index is 12.3. The molecule has 2 rings (SSSR count). The zero-order chi connectivity index (χ0) is 17.7. The van der Waals surface area contributed by atoms with Crippen LogP contribution in [0.2, 0.25) is 0 Å². The Balaban J connectivity index is 1.76. The molecule has 2 N–H and O–H groups in total. The number of carbonyl (C=O) groups excluding carboxylic acids is 2. The van der Waals surface area contributed by atoms with Crippen molar-refractivity contribution in [2.24, 2.45) is 0 Å². The van der Waals surface area contributed by atoms with Gasteiger partial charge in [-0.3, -0.25) is 15.0 Å². The SMILES string of the molecule is C[C@H](C(=O)NC(=O)NC(C)(C)C)N1CCC(N2CCCCC2)CC1. The van der Waals surface area contributed by atoms with Gasteiger partial charge in [-0.05, 0) is 66.5 Å². The summed E-state index contributed by atoms with van der Waals surface area (Å²) >= 11 is 0. The number of likely N-dealkylation sites (tertiary alicyclic amines) is 2. The van der Waals surface area contributed by atoms with E-state index in [9.17, 15) is 9.59 Å². The lowest BCUT2D eigenvalue weighted by molar-refractivity contribution is -0.125. The van der Waals surface area contributed by atoms with Crippen molar-refractivity contribution in [2.75, 3.05) is 26.2 Å². The van der Waals surface area contributed by atoms with Gasteiger partial charge >= 0.3 is 6.03 Å². The standard InChI is InChI=1S/C18H34N4O2/c1-14(16(23)19-17(24)20-18(2,3)4)21-12-8-15(9-13-21)22-10-6-5-7-11-22/h14-15H,5-13H2,1-4H3,(H2,19,20,23,24)/t14-/m1/s1. The highest BCUT2D eigenvalue weighted by atomic mass is 16.2. The molecule has 2 aliphatic heterocycles. The fraction of sp³-hybridized carbons (Fsp3) is 0.889. The number of carbonyl (C=O) groups is 2. The van der Waals surface area contributed by atoms with Crippen LogP contribution < -0.4 is 10.6 Å². The number of urea groups is 1. The van der Waals surface area contributed by atoms with Crippen LogP contribution in [0.25, 0.3) is 0 Å². The van der Waals surface area contributed by atoms with Crippen LogP contribution in [0.5, 0.6) is 0 Å². The molecule has 0 radical (unpaired) electrons. The van der Waals surface area contributed by atoms with Gasteiger partial charge in [-0.15, -0.1) is 0 Å². The lowest BCUT2D eigenvalue weighted by Gasteiger charge is -2.41. The molecule has 2 heterocycles. The van der Waals surface area contributed by atoms with Crippen LogP contribution in [-0.4, -0.2) is 65.5 Å². The fourth-order valence-electron chi connectivity index (χ4n) is 3.68. The summed E-state index contributed by atoms with van der Waals surface area (Å²) in [4.78, 5) is 29.0. The first-order valence-electron chi connectivity index (χ1n) is 9.37. The second-order valence-corrected chi connectivity index (χ2v) is 8.23. The number of nitrogens with one attached hydrogen (secondary N) is 2. The Morgan fingerprint density at radius 1 is 1.00 bits per heavy atom. The van der Waals surface area contributed by atoms with Gasteiger partial charge in [0, 0.05) is 24.7 Å². The third kappa shape index (κ3) is 5.74. The van der Waals surface area contributed by atoms with E-state index < -0.39 is 6.03 Å². The Morgan fingerprint density at radius 2 is 1.58 bits per heavy atom. The zero-order valence-electron chi connectivity index (χ0n) is 15.7. The van der Waals surface area contributed by atoms with E-state index in [1.54, 1.807) is 0 Å². The summed E-state index contributed by atoms with van der Waals surface area (Å²) in [5.74, 6) is -0.215. The van der Waals surface area contributed by atoms with Gasteiger partial charge in [-0.25, -0.2) is 4.79 Å². The number of imide groups is 1. The first kappa shape index (κ1) is 19.2. The third-order valence-corrected chi connectivity index (χ3v) is 5.06. The van der Waals surface area contributed by atoms with Gasteiger partial charge < -0.3 is 10.2 Å². The Kier molecular flexibility index (Phi) is 6.63. The zero-order valence-corrected chi connectivity index (χ0v) is 15.7. The van der Waals surface area contributed by atoms with Gasteiger partial charge in [-0.2, -0.15) is 0 Å². The summed E-state index contributed by atoms with van der Waals surface area (Å²) in [5.41, 5.74) is -0.347. The molecule has 1 atom stereocenters. The van der Waals surface area contributed by atoms with Crippen molar-refractivity contribution >= 4 is 11.9 Å². The highest BCUT2D eigenvalue weighted by Crippen LogP contribution is 2.21. The minimum atomic E-state index is -0.414. The smallest absolute Gasteiger partial charge is 0.321 e. The van der Waals surface area contributed by atoms with Gasteiger partial charge in [0.15, 0.2) is 0 Å². The van der Waals surface area contributed by atoms with Crippen molar-refractivity contribution in [3.63, 3.8) is 0 Å². The summed E-state index contributed by atoms with van der Waals surface area (Å²) in [5, 5.41) is 5.23. The van der Waals surface area contributed by atoms with E-state index in [-0.39, 0.29) is 17.5 Å². The first-order chi connectivity index (χ1) is 11.3. The van der Waals surface area contributed by atoms with Gasteiger partial charge in [0.25, 0.3) is 0 Å². The van der Waals surface area contributed by atoms with E-state index in [1.807, 2.05) is 27.7 Å². The lowest BCUT2D eigenvalue weighted by atomic mass is 9.99. The molecule has 0 aliphatic carbocycles. The number of nitrogens with zero attached hydrogens (tertiary/aromatic N) is 2. The molecule has 2 fully saturated rings. The average molecular weight is 338 g/mol. The maximum absolute atomic E-state index is 12.3. The van der Waals surface area contributed by atoms with E-state index >= 15 is 0 Å². The number of piperidine rings is 2. The second kappa shape index (κ2) is 8.30. The summed E-state index contributed by atoms with van der Waals surface area (Å²) in [6.07, 6.45) is 6.24. The molecule has 0 spiro atoms. The highest BCUT2D eigenvalue weighted by Gasteiger charge is 2.30. The molecule has 0 saturated carbocycles. The second-order valence-electron chi connectivity index (χ2n) is 8.23. The molecule has 0 bridgehead atoms. The molecule has 2 aliphatic rings. The lowest BCUT2D eigenvalue weighted by Crippen LogP contribution is -2.55. The summed E-state index contributed by atoms with van der Waals surface area (Å²) in [6, 6.07) is -0.0124. The predicted molar refractivity (Wildman–Crippen MR) is 95.9 cm³/mol. The quantitative estimate of drug-likeness (QED) is 0.825. The van der Waals surface area contributed by atoms with Crippen LogP contribution in [0.4, 0.5) is 4.79 Å². The average Bonchev–Trinajstić information content (AvgIpc) is 2.53. The Bertz CT molecular complexity index is 433. The molecule has 0 aromatic heterocycles. The summed E-state index contributed by atoms with van der Waals surface area (Å²) < 4.78 is 0. The van der Waals surface area contributed by atoms with Crippen LogP contribution in [0.15, 0.2) is 0 Å². The highest BCUT2D eigenvalue weighted by molar-refractivity contribution is 5.97. The Hall–Kier alpha value is -1.14. The van der Waals surface area contributed by atoms with Gasteiger partial charge in [0.2, 0.25) is 5.91 Å². The van der Waals surface area contributed by atoms with Crippen molar-refractivity contribution in [3.05, 3.63) is 0 Å². The third-order valence-electron chi connectivity index (χ3n) is 5.06. The molecule has 6 heteroatoms. The largest absolute Gasteiger partial charge is 0.333 e. The van der Waals surface area contributed by atoms with Crippen LogP contribution in [0.3, 0.4) is 0 Å². The molecule has 0 unspecified atom stereocenters. The minimum Gasteiger partial charge on any atom is -0.333 e. The van der Waals surface area contributed by atoms with Crippen LogP contribution in [0.1, 0.15) is 59.8 Å². The molecule has 6 nitrogen and oxygen atoms in total. The minimum absolute atomic E-state index is 0.215. The van der Waals surface area contributed by atoms with Crippen LogP contribution >= 0.6 is 0 Å². The van der Waals surface area contributed by atoms with Crippen molar-refractivity contribution in [2.45, 2.75) is 77.4 Å². The maximum Gasteiger partial charge on any atom is 0.321 e. The number of rotatable bonds is 3. The number of amides is 3. The van der Waals surface area contributed by atoms with Crippen molar-refractivity contribution in [1.29, 1.82) is 0 Å². The normalized spacial score (nSPS) is 22.8. The Morgan fingerprint density at radius 3 is 2.12 bits per heavy atom. The topological polar surface area (TPSA) is 64.7 Å². The monoisotopic (exact) mass is 338 g/mol. The van der Waals surface area contributed by atoms with E-state index in [4.69, 9.17) is 0 Å². The Labute approximate surface area is 146 Å². The van der Waals surface area contributed by atoms with Crippen LogP contribution in [0, 0.1) is 0 Å². The van der Waals surface area contributed by atoms with Crippen LogP contribution in [-0.2, 0) is 4.79 Å². The molecular formula is C18H34N4O2. The van der Waals surface area contributed by atoms with Crippen molar-refractivity contribution in [3.8, 4) is 0 Å². The van der Waals surface area contributed by atoms with E-state index in [1.165, 1.54) is 32.4 Å². The van der Waals surface area contributed by atoms with Crippen molar-refractivity contribution in [1.82, 2.24) is 20.4 Å². The van der Waals surface area contributed by atoms with Crippen molar-refractivity contribution < 1.29 is 9.59 Å². The number of hydrogen-bond acceptors (Lipinski definition) is 4. The van der Waals surface area contributed by atoms with Gasteiger partial charge in [-0.1, -0.05) is 6.42 Å². The number of hydrogen-bond donors (Lipinski definition) is 2. The first-order valence-corrected chi connectivity index (χ1v) is 9.37. The van der Waals surface area contributed by atoms with E-state index in [0.717, 1.165) is 25.9 Å².